The number of nitrogens with one attached hydrogen (secondary N) is 1. The van der Waals surface area contributed by atoms with E-state index >= 15 is 0 Å². The zero-order chi connectivity index (χ0) is 20.5. The molecule has 0 bridgehead atoms. The average Bonchev–Trinajstić information content (AvgIpc) is 2.94. The third-order valence-corrected chi connectivity index (χ3v) is 4.90. The number of carbonyl (C=O) groups is 1. The van der Waals surface area contributed by atoms with Crippen molar-refractivity contribution in [2.45, 2.75) is 59.2 Å². The van der Waals surface area contributed by atoms with Gasteiger partial charge in [-0.25, -0.2) is 9.97 Å². The number of ether oxygens (including phenoxy) is 1. The molecule has 0 atom stereocenters. The van der Waals surface area contributed by atoms with Gasteiger partial charge in [-0.05, 0) is 70.3 Å². The van der Waals surface area contributed by atoms with Gasteiger partial charge in [0.1, 0.15) is 17.3 Å². The monoisotopic (exact) mass is 402 g/mol. The maximum Gasteiger partial charge on any atom is 0.273 e. The second-order valence-corrected chi connectivity index (χ2v) is 8.30. The van der Waals surface area contributed by atoms with Gasteiger partial charge in [0.05, 0.1) is 13.2 Å². The van der Waals surface area contributed by atoms with Crippen LogP contribution in [0.3, 0.4) is 0 Å². The van der Waals surface area contributed by atoms with Crippen molar-refractivity contribution in [3.05, 3.63) is 46.4 Å². The third kappa shape index (κ3) is 4.38. The third-order valence-electron chi connectivity index (χ3n) is 4.73. The van der Waals surface area contributed by atoms with Gasteiger partial charge in [-0.15, -0.1) is 0 Å². The summed E-state index contributed by atoms with van der Waals surface area (Å²) in [5.41, 5.74) is 2.08. The van der Waals surface area contributed by atoms with E-state index in [0.29, 0.717) is 24.7 Å². The van der Waals surface area contributed by atoms with Crippen molar-refractivity contribution in [1.82, 2.24) is 14.9 Å². The van der Waals surface area contributed by atoms with E-state index in [1.54, 1.807) is 4.90 Å². The molecule has 150 valence electrons. The van der Waals surface area contributed by atoms with E-state index in [-0.39, 0.29) is 22.8 Å². The molecule has 6 nitrogen and oxygen atoms in total. The van der Waals surface area contributed by atoms with Gasteiger partial charge in [0.15, 0.2) is 0 Å². The summed E-state index contributed by atoms with van der Waals surface area (Å²) in [4.78, 5) is 23.0. The van der Waals surface area contributed by atoms with Crippen molar-refractivity contribution >= 4 is 23.3 Å². The maximum atomic E-state index is 12.6. The first-order valence-electron chi connectivity index (χ1n) is 9.57. The summed E-state index contributed by atoms with van der Waals surface area (Å²) < 4.78 is 5.51. The number of rotatable bonds is 7. The number of hydrogen-bond donors (Lipinski definition) is 1. The lowest BCUT2D eigenvalue weighted by molar-refractivity contribution is 0.0726. The van der Waals surface area contributed by atoms with Gasteiger partial charge in [-0.1, -0.05) is 12.1 Å². The zero-order valence-electron chi connectivity index (χ0n) is 17.0. The summed E-state index contributed by atoms with van der Waals surface area (Å²) in [5, 5.41) is 3.56. The Morgan fingerprint density at radius 1 is 1.25 bits per heavy atom. The van der Waals surface area contributed by atoms with Crippen LogP contribution in [0, 0.1) is 0 Å². The molecule has 0 fully saturated rings. The summed E-state index contributed by atoms with van der Waals surface area (Å²) in [6.07, 6.45) is 0.775. The zero-order valence-corrected chi connectivity index (χ0v) is 17.8. The van der Waals surface area contributed by atoms with Crippen LogP contribution in [-0.4, -0.2) is 39.0 Å². The van der Waals surface area contributed by atoms with Crippen LogP contribution in [0.15, 0.2) is 24.3 Å². The van der Waals surface area contributed by atoms with Gasteiger partial charge < -0.3 is 15.0 Å². The van der Waals surface area contributed by atoms with Crippen molar-refractivity contribution < 1.29 is 9.53 Å². The Bertz CT molecular complexity index is 865. The molecule has 1 aliphatic rings. The number of aromatic nitrogens is 2. The smallest absolute Gasteiger partial charge is 0.273 e. The normalized spacial score (nSPS) is 13.8. The van der Waals surface area contributed by atoms with Crippen LogP contribution in [0.5, 0.6) is 5.75 Å². The summed E-state index contributed by atoms with van der Waals surface area (Å²) in [6, 6.07) is 8.18. The minimum Gasteiger partial charge on any atom is -0.494 e. The standard InChI is InChI=1S/C21H27ClN4O2/c1-6-28-15-9-7-14(8-10-15)11-21(4,5)25-18-16-12-26(13(2)3)19(27)17(16)23-20(22)24-18/h7-10,13H,6,11-12H2,1-5H3,(H,23,24,25). The SMILES string of the molecule is CCOc1ccc(CC(C)(C)Nc2nc(Cl)nc3c2CN(C(C)C)C3=O)cc1. The van der Waals surface area contributed by atoms with E-state index in [4.69, 9.17) is 16.3 Å². The lowest BCUT2D eigenvalue weighted by Crippen LogP contribution is -2.34. The molecule has 0 saturated carbocycles. The lowest BCUT2D eigenvalue weighted by atomic mass is 9.94. The Labute approximate surface area is 171 Å². The molecule has 0 saturated heterocycles. The minimum absolute atomic E-state index is 0.0806. The Morgan fingerprint density at radius 2 is 1.93 bits per heavy atom. The highest BCUT2D eigenvalue weighted by molar-refractivity contribution is 6.28. The van der Waals surface area contributed by atoms with Crippen molar-refractivity contribution in [2.75, 3.05) is 11.9 Å². The fraction of sp³-hybridized carbons (Fsp3) is 0.476. The van der Waals surface area contributed by atoms with E-state index in [9.17, 15) is 4.79 Å². The first kappa shape index (κ1) is 20.4. The molecule has 1 aromatic heterocycles. The van der Waals surface area contributed by atoms with E-state index in [1.165, 1.54) is 5.56 Å². The highest BCUT2D eigenvalue weighted by atomic mass is 35.5. The van der Waals surface area contributed by atoms with Crippen LogP contribution in [-0.2, 0) is 13.0 Å². The molecule has 7 heteroatoms. The van der Waals surface area contributed by atoms with Crippen LogP contribution in [0.4, 0.5) is 5.82 Å². The topological polar surface area (TPSA) is 67.3 Å². The Balaban J connectivity index is 1.81. The molecule has 0 spiro atoms. The van der Waals surface area contributed by atoms with Gasteiger partial charge in [0.2, 0.25) is 5.28 Å². The lowest BCUT2D eigenvalue weighted by Gasteiger charge is -2.28. The van der Waals surface area contributed by atoms with Crippen LogP contribution < -0.4 is 10.1 Å². The van der Waals surface area contributed by atoms with Gasteiger partial charge in [0.25, 0.3) is 5.91 Å². The predicted octanol–water partition coefficient (Wildman–Crippen LogP) is 4.33. The highest BCUT2D eigenvalue weighted by Gasteiger charge is 2.35. The van der Waals surface area contributed by atoms with Crippen molar-refractivity contribution in [1.29, 1.82) is 0 Å². The fourth-order valence-electron chi connectivity index (χ4n) is 3.43. The minimum atomic E-state index is -0.299. The van der Waals surface area contributed by atoms with E-state index < -0.39 is 0 Å². The Morgan fingerprint density at radius 3 is 2.54 bits per heavy atom. The van der Waals surface area contributed by atoms with Gasteiger partial charge in [0, 0.05) is 17.1 Å². The van der Waals surface area contributed by atoms with Crippen LogP contribution >= 0.6 is 11.6 Å². The largest absolute Gasteiger partial charge is 0.494 e. The first-order valence-corrected chi connectivity index (χ1v) is 9.95. The summed E-state index contributed by atoms with van der Waals surface area (Å²) in [7, 11) is 0. The number of hydrogen-bond acceptors (Lipinski definition) is 5. The van der Waals surface area contributed by atoms with Crippen molar-refractivity contribution in [2.24, 2.45) is 0 Å². The van der Waals surface area contributed by atoms with E-state index in [1.807, 2.05) is 32.9 Å². The molecule has 2 heterocycles. The molecule has 1 aliphatic heterocycles. The highest BCUT2D eigenvalue weighted by Crippen LogP contribution is 2.31. The van der Waals surface area contributed by atoms with Crippen molar-refractivity contribution in [3.8, 4) is 5.75 Å². The maximum absolute atomic E-state index is 12.6. The van der Waals surface area contributed by atoms with Crippen LogP contribution in [0.25, 0.3) is 0 Å². The van der Waals surface area contributed by atoms with E-state index in [0.717, 1.165) is 17.7 Å². The van der Waals surface area contributed by atoms with Crippen molar-refractivity contribution in [3.63, 3.8) is 0 Å². The molecule has 1 amide bonds. The number of nitrogens with zero attached hydrogens (tertiary/aromatic N) is 3. The predicted molar refractivity (Wildman–Crippen MR) is 111 cm³/mol. The Hall–Kier alpha value is -2.34. The second kappa shape index (κ2) is 7.95. The molecule has 3 rings (SSSR count). The van der Waals surface area contributed by atoms with E-state index in [2.05, 4.69) is 41.3 Å². The number of benzene rings is 1. The average molecular weight is 403 g/mol. The number of halogens is 1. The second-order valence-electron chi connectivity index (χ2n) is 7.96. The summed E-state index contributed by atoms with van der Waals surface area (Å²) in [5.74, 6) is 1.40. The van der Waals surface area contributed by atoms with Crippen LogP contribution in [0.1, 0.15) is 56.2 Å². The molecule has 1 aromatic carbocycles. The number of anilines is 1. The van der Waals surface area contributed by atoms with Gasteiger partial charge in [-0.3, -0.25) is 4.79 Å². The quantitative estimate of drug-likeness (QED) is 0.698. The molecule has 1 N–H and O–H groups in total. The summed E-state index contributed by atoms with van der Waals surface area (Å²) in [6.45, 7) is 11.3. The first-order chi connectivity index (χ1) is 13.2. The number of amides is 1. The number of fused-ring (bicyclic) bond motifs is 1. The molecule has 0 unspecified atom stereocenters. The molecule has 0 aliphatic carbocycles. The molecular formula is C21H27ClN4O2. The molecule has 2 aromatic rings. The number of carbonyl (C=O) groups excluding carboxylic acids is 1. The summed E-state index contributed by atoms with van der Waals surface area (Å²) >= 11 is 6.11. The van der Waals surface area contributed by atoms with Gasteiger partial charge in [-0.2, -0.15) is 0 Å². The fourth-order valence-corrected chi connectivity index (χ4v) is 3.60. The molecule has 0 radical (unpaired) electrons. The molecule has 28 heavy (non-hydrogen) atoms. The van der Waals surface area contributed by atoms with Crippen LogP contribution in [0.2, 0.25) is 5.28 Å². The van der Waals surface area contributed by atoms with Gasteiger partial charge >= 0.3 is 0 Å². The Kier molecular flexibility index (Phi) is 5.79. The molecular weight excluding hydrogens is 376 g/mol.